The number of carbonyl (C=O) groups is 2. The minimum absolute atomic E-state index is 0.0383. The number of likely N-dealkylation sites (N-methyl/N-ethyl adjacent to an activating group) is 1. The Hall–Kier alpha value is -3.60. The SMILES string of the molecule is CCN1C(=O)COc2ccc(NC(=O)C(c3ccccc3)c3ccccc3)cc21. The number of carbonyl (C=O) groups excluding carboxylic acids is 2. The zero-order valence-corrected chi connectivity index (χ0v) is 16.2. The molecule has 0 saturated heterocycles. The van der Waals surface area contributed by atoms with Gasteiger partial charge < -0.3 is 15.0 Å². The number of fused-ring (bicyclic) bond motifs is 1. The van der Waals surface area contributed by atoms with Crippen molar-refractivity contribution >= 4 is 23.2 Å². The second-order valence-electron chi connectivity index (χ2n) is 6.85. The van der Waals surface area contributed by atoms with Crippen LogP contribution in [0.5, 0.6) is 5.75 Å². The summed E-state index contributed by atoms with van der Waals surface area (Å²) in [4.78, 5) is 27.1. The summed E-state index contributed by atoms with van der Waals surface area (Å²) in [7, 11) is 0. The van der Waals surface area contributed by atoms with Gasteiger partial charge in [0.25, 0.3) is 5.91 Å². The first kappa shape index (κ1) is 18.7. The van der Waals surface area contributed by atoms with Crippen LogP contribution in [0.3, 0.4) is 0 Å². The van der Waals surface area contributed by atoms with E-state index in [9.17, 15) is 9.59 Å². The average Bonchev–Trinajstić information content (AvgIpc) is 2.75. The Morgan fingerprint density at radius 2 is 1.62 bits per heavy atom. The highest BCUT2D eigenvalue weighted by molar-refractivity contribution is 6.01. The van der Waals surface area contributed by atoms with Crippen LogP contribution in [0, 0.1) is 0 Å². The lowest BCUT2D eigenvalue weighted by Crippen LogP contribution is -2.38. The molecule has 3 aromatic rings. The number of anilines is 2. The van der Waals surface area contributed by atoms with Gasteiger partial charge in [0.05, 0.1) is 11.6 Å². The van der Waals surface area contributed by atoms with E-state index in [2.05, 4.69) is 5.32 Å². The molecule has 5 nitrogen and oxygen atoms in total. The number of amides is 2. The van der Waals surface area contributed by atoms with Crippen molar-refractivity contribution < 1.29 is 14.3 Å². The van der Waals surface area contributed by atoms with Gasteiger partial charge in [0.1, 0.15) is 5.75 Å². The molecule has 1 N–H and O–H groups in total. The van der Waals surface area contributed by atoms with Gasteiger partial charge in [-0.25, -0.2) is 0 Å². The summed E-state index contributed by atoms with van der Waals surface area (Å²) < 4.78 is 5.51. The molecule has 29 heavy (non-hydrogen) atoms. The van der Waals surface area contributed by atoms with E-state index < -0.39 is 5.92 Å². The molecule has 5 heteroatoms. The molecule has 146 valence electrons. The number of ether oxygens (including phenoxy) is 1. The van der Waals surface area contributed by atoms with Crippen LogP contribution in [0.25, 0.3) is 0 Å². The van der Waals surface area contributed by atoms with E-state index in [0.29, 0.717) is 23.7 Å². The summed E-state index contributed by atoms with van der Waals surface area (Å²) in [6, 6.07) is 24.8. The summed E-state index contributed by atoms with van der Waals surface area (Å²) >= 11 is 0. The lowest BCUT2D eigenvalue weighted by atomic mass is 9.90. The molecule has 0 radical (unpaired) electrons. The maximum absolute atomic E-state index is 13.3. The van der Waals surface area contributed by atoms with Gasteiger partial charge in [-0.2, -0.15) is 0 Å². The number of nitrogens with zero attached hydrogens (tertiary/aromatic N) is 1. The minimum Gasteiger partial charge on any atom is -0.482 e. The van der Waals surface area contributed by atoms with Gasteiger partial charge in [-0.1, -0.05) is 60.7 Å². The van der Waals surface area contributed by atoms with Gasteiger partial charge in [0.15, 0.2) is 6.61 Å². The van der Waals surface area contributed by atoms with Crippen LogP contribution in [0.1, 0.15) is 24.0 Å². The van der Waals surface area contributed by atoms with E-state index in [4.69, 9.17) is 4.74 Å². The van der Waals surface area contributed by atoms with Crippen molar-refractivity contribution in [1.29, 1.82) is 0 Å². The Morgan fingerprint density at radius 1 is 1.00 bits per heavy atom. The summed E-state index contributed by atoms with van der Waals surface area (Å²) in [5.41, 5.74) is 3.14. The van der Waals surface area contributed by atoms with Crippen molar-refractivity contribution in [2.24, 2.45) is 0 Å². The number of rotatable bonds is 5. The maximum Gasteiger partial charge on any atom is 0.265 e. The molecule has 1 aliphatic rings. The Morgan fingerprint density at radius 3 is 2.21 bits per heavy atom. The Kier molecular flexibility index (Phi) is 5.29. The molecule has 3 aromatic carbocycles. The first-order valence-electron chi connectivity index (χ1n) is 9.65. The normalized spacial score (nSPS) is 13.0. The molecule has 0 unspecified atom stereocenters. The molecule has 0 spiro atoms. The van der Waals surface area contributed by atoms with Crippen molar-refractivity contribution in [3.05, 3.63) is 90.0 Å². The van der Waals surface area contributed by atoms with E-state index in [-0.39, 0.29) is 18.4 Å². The highest BCUT2D eigenvalue weighted by atomic mass is 16.5. The van der Waals surface area contributed by atoms with Crippen LogP contribution in [-0.4, -0.2) is 25.0 Å². The van der Waals surface area contributed by atoms with Crippen LogP contribution in [0.4, 0.5) is 11.4 Å². The van der Waals surface area contributed by atoms with E-state index in [1.165, 1.54) is 0 Å². The number of hydrogen-bond acceptors (Lipinski definition) is 3. The minimum atomic E-state index is -0.436. The predicted molar refractivity (Wildman–Crippen MR) is 113 cm³/mol. The van der Waals surface area contributed by atoms with Crippen LogP contribution in [-0.2, 0) is 9.59 Å². The fraction of sp³-hybridized carbons (Fsp3) is 0.167. The van der Waals surface area contributed by atoms with E-state index in [0.717, 1.165) is 11.1 Å². The molecule has 2 amide bonds. The third kappa shape index (κ3) is 3.85. The molecule has 1 heterocycles. The lowest BCUT2D eigenvalue weighted by Gasteiger charge is -2.29. The average molecular weight is 386 g/mol. The van der Waals surface area contributed by atoms with Crippen LogP contribution in [0.2, 0.25) is 0 Å². The summed E-state index contributed by atoms with van der Waals surface area (Å²) in [5, 5.41) is 3.02. The van der Waals surface area contributed by atoms with Crippen LogP contribution < -0.4 is 15.0 Å². The van der Waals surface area contributed by atoms with Gasteiger partial charge >= 0.3 is 0 Å². The van der Waals surface area contributed by atoms with Crippen molar-refractivity contribution in [3.8, 4) is 5.75 Å². The molecule has 0 bridgehead atoms. The highest BCUT2D eigenvalue weighted by Crippen LogP contribution is 2.35. The molecule has 0 saturated carbocycles. The second-order valence-corrected chi connectivity index (χ2v) is 6.85. The predicted octanol–water partition coefficient (Wildman–Crippen LogP) is 4.20. The van der Waals surface area contributed by atoms with Crippen molar-refractivity contribution in [2.75, 3.05) is 23.4 Å². The molecule has 0 aliphatic carbocycles. The van der Waals surface area contributed by atoms with Gasteiger partial charge in [-0.3, -0.25) is 9.59 Å². The lowest BCUT2D eigenvalue weighted by molar-refractivity contribution is -0.121. The third-order valence-corrected chi connectivity index (χ3v) is 5.01. The fourth-order valence-corrected chi connectivity index (χ4v) is 3.63. The third-order valence-electron chi connectivity index (χ3n) is 5.01. The largest absolute Gasteiger partial charge is 0.482 e. The molecular weight excluding hydrogens is 364 g/mol. The molecule has 0 atom stereocenters. The van der Waals surface area contributed by atoms with Crippen molar-refractivity contribution in [3.63, 3.8) is 0 Å². The summed E-state index contributed by atoms with van der Waals surface area (Å²) in [5.74, 6) is -0.0101. The number of nitrogens with one attached hydrogen (secondary N) is 1. The topological polar surface area (TPSA) is 58.6 Å². The van der Waals surface area contributed by atoms with Crippen molar-refractivity contribution in [1.82, 2.24) is 0 Å². The monoisotopic (exact) mass is 386 g/mol. The zero-order valence-electron chi connectivity index (χ0n) is 16.2. The Balaban J connectivity index is 1.65. The zero-order chi connectivity index (χ0) is 20.2. The Bertz CT molecular complexity index is 979. The van der Waals surface area contributed by atoms with Crippen LogP contribution >= 0.6 is 0 Å². The molecular formula is C24H22N2O3. The fourth-order valence-electron chi connectivity index (χ4n) is 3.63. The smallest absolute Gasteiger partial charge is 0.265 e. The second kappa shape index (κ2) is 8.19. The van der Waals surface area contributed by atoms with Crippen molar-refractivity contribution in [2.45, 2.75) is 12.8 Å². The number of hydrogen-bond donors (Lipinski definition) is 1. The first-order chi connectivity index (χ1) is 14.2. The Labute approximate surface area is 169 Å². The van der Waals surface area contributed by atoms with Gasteiger partial charge in [0.2, 0.25) is 5.91 Å². The van der Waals surface area contributed by atoms with Gasteiger partial charge in [0, 0.05) is 12.2 Å². The molecule has 4 rings (SSSR count). The van der Waals surface area contributed by atoms with E-state index in [1.54, 1.807) is 23.1 Å². The first-order valence-corrected chi connectivity index (χ1v) is 9.65. The molecule has 0 aromatic heterocycles. The maximum atomic E-state index is 13.3. The van der Waals surface area contributed by atoms with Crippen LogP contribution in [0.15, 0.2) is 78.9 Å². The quantitative estimate of drug-likeness (QED) is 0.715. The van der Waals surface area contributed by atoms with E-state index >= 15 is 0 Å². The number of benzene rings is 3. The molecule has 1 aliphatic heterocycles. The van der Waals surface area contributed by atoms with Gasteiger partial charge in [-0.05, 0) is 36.2 Å². The molecule has 0 fully saturated rings. The summed E-state index contributed by atoms with van der Waals surface area (Å²) in [6.07, 6.45) is 0. The highest BCUT2D eigenvalue weighted by Gasteiger charge is 2.26. The standard InChI is InChI=1S/C24H22N2O3/c1-2-26-20-15-19(13-14-21(20)29-16-22(26)27)25-24(28)23(17-9-5-3-6-10-17)18-11-7-4-8-12-18/h3-15,23H,2,16H2,1H3,(H,25,28). The summed E-state index contributed by atoms with van der Waals surface area (Å²) in [6.45, 7) is 2.50. The van der Waals surface area contributed by atoms with Gasteiger partial charge in [-0.15, -0.1) is 0 Å². The van der Waals surface area contributed by atoms with E-state index in [1.807, 2.05) is 67.6 Å².